The van der Waals surface area contributed by atoms with Gasteiger partial charge in [-0.3, -0.25) is 0 Å². The van der Waals surface area contributed by atoms with E-state index in [2.05, 4.69) is 48.0 Å². The van der Waals surface area contributed by atoms with Crippen molar-refractivity contribution in [2.45, 2.75) is 6.92 Å². The van der Waals surface area contributed by atoms with Crippen molar-refractivity contribution in [3.63, 3.8) is 0 Å². The van der Waals surface area contributed by atoms with Crippen LogP contribution in [0.15, 0.2) is 65.3 Å². The number of hydrogen-bond donors (Lipinski definition) is 2. The van der Waals surface area contributed by atoms with Gasteiger partial charge in [0.15, 0.2) is 0 Å². The number of H-pyrrole nitrogens is 2. The zero-order chi connectivity index (χ0) is 20.8. The lowest BCUT2D eigenvalue weighted by molar-refractivity contribution is 0.630. The molecule has 3 aromatic carbocycles. The molecule has 5 aromatic rings. The van der Waals surface area contributed by atoms with E-state index in [4.69, 9.17) is 11.6 Å². The molecule has 2 heterocycles. The Balaban J connectivity index is 1.50. The van der Waals surface area contributed by atoms with Gasteiger partial charge in [-0.15, -0.1) is 0 Å². The molecular formula is C23H15BrClFN4. The summed E-state index contributed by atoms with van der Waals surface area (Å²) in [6.07, 6.45) is 0. The Morgan fingerprint density at radius 2 is 1.67 bits per heavy atom. The summed E-state index contributed by atoms with van der Waals surface area (Å²) in [5, 5.41) is 0.304. The fourth-order valence-corrected chi connectivity index (χ4v) is 4.18. The molecule has 0 saturated carbocycles. The van der Waals surface area contributed by atoms with Crippen molar-refractivity contribution in [2.75, 3.05) is 0 Å². The van der Waals surface area contributed by atoms with Crippen LogP contribution in [0.3, 0.4) is 0 Å². The normalized spacial score (nSPS) is 11.3. The Kier molecular flexibility index (Phi) is 4.68. The van der Waals surface area contributed by atoms with Gasteiger partial charge in [-0.25, -0.2) is 14.4 Å². The van der Waals surface area contributed by atoms with E-state index in [1.54, 1.807) is 12.1 Å². The Bertz CT molecular complexity index is 1370. The molecule has 148 valence electrons. The molecule has 30 heavy (non-hydrogen) atoms. The van der Waals surface area contributed by atoms with Crippen LogP contribution in [-0.4, -0.2) is 19.9 Å². The molecule has 0 radical (unpaired) electrons. The summed E-state index contributed by atoms with van der Waals surface area (Å²) in [6, 6.07) is 18.6. The zero-order valence-corrected chi connectivity index (χ0v) is 18.1. The van der Waals surface area contributed by atoms with Gasteiger partial charge in [-0.05, 0) is 52.7 Å². The van der Waals surface area contributed by atoms with Crippen LogP contribution in [0.25, 0.3) is 45.1 Å². The molecule has 0 fully saturated rings. The van der Waals surface area contributed by atoms with Crippen LogP contribution in [0.1, 0.15) is 5.56 Å². The highest BCUT2D eigenvalue weighted by Gasteiger charge is 2.17. The molecule has 0 spiro atoms. The van der Waals surface area contributed by atoms with Crippen molar-refractivity contribution in [1.29, 1.82) is 0 Å². The molecule has 0 atom stereocenters. The lowest BCUT2D eigenvalue weighted by atomic mass is 10.1. The highest BCUT2D eigenvalue weighted by Crippen LogP contribution is 2.34. The first-order valence-electron chi connectivity index (χ1n) is 9.26. The monoisotopic (exact) mass is 480 g/mol. The Labute approximate surface area is 185 Å². The predicted octanol–water partition coefficient (Wildman–Crippen LogP) is 7.15. The second kappa shape index (κ2) is 7.38. The third-order valence-electron chi connectivity index (χ3n) is 4.93. The lowest BCUT2D eigenvalue weighted by Gasteiger charge is -2.02. The Morgan fingerprint density at radius 3 is 2.43 bits per heavy atom. The smallest absolute Gasteiger partial charge is 0.143 e. The minimum absolute atomic E-state index is 0.250. The maximum Gasteiger partial charge on any atom is 0.143 e. The number of halogens is 3. The summed E-state index contributed by atoms with van der Waals surface area (Å²) in [7, 11) is 0. The average Bonchev–Trinajstić information content (AvgIpc) is 3.31. The quantitative estimate of drug-likeness (QED) is 0.287. The van der Waals surface area contributed by atoms with Crippen LogP contribution < -0.4 is 0 Å². The zero-order valence-electron chi connectivity index (χ0n) is 15.8. The van der Waals surface area contributed by atoms with Gasteiger partial charge >= 0.3 is 0 Å². The van der Waals surface area contributed by atoms with Crippen molar-refractivity contribution in [3.8, 4) is 34.0 Å². The predicted molar refractivity (Wildman–Crippen MR) is 122 cm³/mol. The van der Waals surface area contributed by atoms with Gasteiger partial charge in [-0.2, -0.15) is 0 Å². The molecule has 0 saturated heterocycles. The summed E-state index contributed by atoms with van der Waals surface area (Å²) in [5.41, 5.74) is 5.89. The van der Waals surface area contributed by atoms with E-state index >= 15 is 0 Å². The van der Waals surface area contributed by atoms with Crippen LogP contribution in [-0.2, 0) is 0 Å². The summed E-state index contributed by atoms with van der Waals surface area (Å²) < 4.78 is 14.9. The van der Waals surface area contributed by atoms with Crippen molar-refractivity contribution >= 4 is 38.6 Å². The molecule has 0 bridgehead atoms. The number of rotatable bonds is 3. The van der Waals surface area contributed by atoms with E-state index in [1.807, 2.05) is 37.3 Å². The van der Waals surface area contributed by atoms with Crippen LogP contribution in [0.4, 0.5) is 4.39 Å². The second-order valence-electron chi connectivity index (χ2n) is 7.03. The van der Waals surface area contributed by atoms with Gasteiger partial charge in [0, 0.05) is 11.1 Å². The largest absolute Gasteiger partial charge is 0.338 e. The summed E-state index contributed by atoms with van der Waals surface area (Å²) >= 11 is 9.67. The van der Waals surface area contributed by atoms with Crippen LogP contribution in [0, 0.1) is 12.7 Å². The van der Waals surface area contributed by atoms with Gasteiger partial charge in [-0.1, -0.05) is 48.0 Å². The van der Waals surface area contributed by atoms with Gasteiger partial charge in [0.05, 0.1) is 21.6 Å². The van der Waals surface area contributed by atoms with Gasteiger partial charge in [0.2, 0.25) is 0 Å². The maximum absolute atomic E-state index is 14.3. The third-order valence-corrected chi connectivity index (χ3v) is 5.82. The van der Waals surface area contributed by atoms with Crippen molar-refractivity contribution < 1.29 is 4.39 Å². The number of hydrogen-bond acceptors (Lipinski definition) is 2. The Morgan fingerprint density at radius 1 is 0.900 bits per heavy atom. The number of aryl methyl sites for hydroxylation is 1. The number of nitrogens with zero attached hydrogens (tertiary/aromatic N) is 2. The molecule has 0 unspecified atom stereocenters. The van der Waals surface area contributed by atoms with E-state index < -0.39 is 5.82 Å². The van der Waals surface area contributed by atoms with E-state index in [-0.39, 0.29) is 5.56 Å². The van der Waals surface area contributed by atoms with Crippen LogP contribution in [0.2, 0.25) is 5.02 Å². The second-order valence-corrected chi connectivity index (χ2v) is 8.23. The van der Waals surface area contributed by atoms with Crippen molar-refractivity contribution in [1.82, 2.24) is 19.9 Å². The minimum atomic E-state index is -0.425. The van der Waals surface area contributed by atoms with Gasteiger partial charge in [0.25, 0.3) is 0 Å². The van der Waals surface area contributed by atoms with Crippen LogP contribution >= 0.6 is 27.5 Å². The first-order valence-corrected chi connectivity index (χ1v) is 10.4. The first-order chi connectivity index (χ1) is 14.5. The highest BCUT2D eigenvalue weighted by atomic mass is 79.9. The SMILES string of the molecule is Cc1ccc2[nH]c(-c3ccc(-c4nc(-c5c(F)cccc5Cl)[nH]c4Br)cc3)nc2c1. The highest BCUT2D eigenvalue weighted by molar-refractivity contribution is 9.10. The summed E-state index contributed by atoms with van der Waals surface area (Å²) in [6.45, 7) is 2.05. The van der Waals surface area contributed by atoms with Crippen molar-refractivity contribution in [3.05, 3.63) is 81.7 Å². The number of aromatic nitrogens is 4. The molecule has 2 N–H and O–H groups in total. The molecule has 0 amide bonds. The fraction of sp³-hybridized carbons (Fsp3) is 0.0435. The lowest BCUT2D eigenvalue weighted by Crippen LogP contribution is -1.88. The summed E-state index contributed by atoms with van der Waals surface area (Å²) in [4.78, 5) is 15.7. The first kappa shape index (κ1) is 19.0. The molecule has 0 aliphatic rings. The minimum Gasteiger partial charge on any atom is -0.338 e. The molecule has 4 nitrogen and oxygen atoms in total. The van der Waals surface area contributed by atoms with Gasteiger partial charge < -0.3 is 9.97 Å². The average molecular weight is 482 g/mol. The van der Waals surface area contributed by atoms with E-state index in [0.717, 1.165) is 28.0 Å². The third kappa shape index (κ3) is 3.32. The standard InChI is InChI=1S/C23H15BrClFN4/c1-12-5-10-17-18(11-12)28-22(27-17)14-8-6-13(7-9-14)20-21(24)30-23(29-20)19-15(25)3-2-4-16(19)26/h2-11H,1H3,(H,27,28)(H,29,30). The van der Waals surface area contributed by atoms with Gasteiger partial charge in [0.1, 0.15) is 27.8 Å². The molecule has 7 heteroatoms. The molecule has 2 aromatic heterocycles. The van der Waals surface area contributed by atoms with E-state index in [1.165, 1.54) is 11.6 Å². The van der Waals surface area contributed by atoms with E-state index in [0.29, 0.717) is 21.1 Å². The Hall–Kier alpha value is -2.96. The number of nitrogens with one attached hydrogen (secondary N) is 2. The van der Waals surface area contributed by atoms with Crippen molar-refractivity contribution in [2.24, 2.45) is 0 Å². The number of fused-ring (bicyclic) bond motifs is 1. The van der Waals surface area contributed by atoms with E-state index in [9.17, 15) is 4.39 Å². The molecule has 5 rings (SSSR count). The van der Waals surface area contributed by atoms with Crippen LogP contribution in [0.5, 0.6) is 0 Å². The molecule has 0 aliphatic heterocycles. The maximum atomic E-state index is 14.3. The topological polar surface area (TPSA) is 57.4 Å². The molecular weight excluding hydrogens is 467 g/mol. The number of imidazole rings is 2. The number of benzene rings is 3. The molecule has 0 aliphatic carbocycles. The number of aromatic amines is 2. The summed E-state index contributed by atoms with van der Waals surface area (Å²) in [5.74, 6) is 0.754. The fourth-order valence-electron chi connectivity index (χ4n) is 3.42.